The van der Waals surface area contributed by atoms with Gasteiger partial charge in [-0.3, -0.25) is 5.10 Å². The van der Waals surface area contributed by atoms with Crippen molar-refractivity contribution < 1.29 is 9.90 Å². The molecule has 0 saturated carbocycles. The number of nitrogens with one attached hydrogen (secondary N) is 1. The minimum absolute atomic E-state index is 0.0454. The summed E-state index contributed by atoms with van der Waals surface area (Å²) in [5.41, 5.74) is 1.66. The van der Waals surface area contributed by atoms with Crippen molar-refractivity contribution in [2.45, 2.75) is 19.3 Å². The van der Waals surface area contributed by atoms with Crippen molar-refractivity contribution in [1.82, 2.24) is 10.2 Å². The van der Waals surface area contributed by atoms with E-state index in [1.807, 2.05) is 44.2 Å². The molecule has 0 atom stereocenters. The summed E-state index contributed by atoms with van der Waals surface area (Å²) < 4.78 is 0. The summed E-state index contributed by atoms with van der Waals surface area (Å²) in [5, 5.41) is 15.4. The Kier molecular flexibility index (Phi) is 2.71. The van der Waals surface area contributed by atoms with Gasteiger partial charge in [0.15, 0.2) is 5.69 Å². The standard InChI is InChI=1S/C13H14N2O2/c1-13(2,9-6-4-3-5-7-9)11-8-10(12(16)17)14-15-11/h3-8H,1-2H3,(H,14,15)(H,16,17). The average molecular weight is 230 g/mol. The molecule has 0 unspecified atom stereocenters. The van der Waals surface area contributed by atoms with Crippen LogP contribution in [-0.4, -0.2) is 21.3 Å². The van der Waals surface area contributed by atoms with Gasteiger partial charge in [0.05, 0.1) is 0 Å². The second-order valence-corrected chi connectivity index (χ2v) is 4.46. The first kappa shape index (κ1) is 11.4. The summed E-state index contributed by atoms with van der Waals surface area (Å²) >= 11 is 0. The summed E-state index contributed by atoms with van der Waals surface area (Å²) in [4.78, 5) is 10.8. The van der Waals surface area contributed by atoms with Crippen LogP contribution in [0.15, 0.2) is 36.4 Å². The van der Waals surface area contributed by atoms with E-state index in [0.717, 1.165) is 11.3 Å². The molecule has 2 rings (SSSR count). The average Bonchev–Trinajstić information content (AvgIpc) is 2.80. The van der Waals surface area contributed by atoms with Crippen LogP contribution < -0.4 is 0 Å². The highest BCUT2D eigenvalue weighted by molar-refractivity contribution is 5.85. The molecule has 1 heterocycles. The van der Waals surface area contributed by atoms with E-state index >= 15 is 0 Å². The molecule has 4 nitrogen and oxygen atoms in total. The highest BCUT2D eigenvalue weighted by Crippen LogP contribution is 2.29. The van der Waals surface area contributed by atoms with E-state index in [4.69, 9.17) is 5.11 Å². The van der Waals surface area contributed by atoms with Crippen LogP contribution in [0.5, 0.6) is 0 Å². The number of rotatable bonds is 3. The van der Waals surface area contributed by atoms with Crippen LogP contribution in [0.4, 0.5) is 0 Å². The molecule has 0 aliphatic rings. The molecular weight excluding hydrogens is 216 g/mol. The molecule has 2 N–H and O–H groups in total. The fraction of sp³-hybridized carbons (Fsp3) is 0.231. The number of carboxylic acids is 1. The summed E-state index contributed by atoms with van der Waals surface area (Å²) in [6, 6.07) is 11.5. The zero-order valence-corrected chi connectivity index (χ0v) is 9.77. The molecular formula is C13H14N2O2. The Hall–Kier alpha value is -2.10. The van der Waals surface area contributed by atoms with Gasteiger partial charge in [-0.15, -0.1) is 0 Å². The number of carbonyl (C=O) groups is 1. The summed E-state index contributed by atoms with van der Waals surface area (Å²) in [6.45, 7) is 4.06. The lowest BCUT2D eigenvalue weighted by Crippen LogP contribution is -2.19. The number of nitrogens with zero attached hydrogens (tertiary/aromatic N) is 1. The molecule has 0 bridgehead atoms. The Morgan fingerprint density at radius 2 is 1.94 bits per heavy atom. The maximum atomic E-state index is 10.8. The second-order valence-electron chi connectivity index (χ2n) is 4.46. The largest absolute Gasteiger partial charge is 0.476 e. The molecule has 0 radical (unpaired) electrons. The molecule has 1 aromatic carbocycles. The first-order valence-electron chi connectivity index (χ1n) is 5.36. The van der Waals surface area contributed by atoms with E-state index in [9.17, 15) is 4.79 Å². The van der Waals surface area contributed by atoms with Crippen molar-refractivity contribution in [2.24, 2.45) is 0 Å². The molecule has 88 valence electrons. The van der Waals surface area contributed by atoms with E-state index in [1.54, 1.807) is 6.07 Å². The minimum Gasteiger partial charge on any atom is -0.476 e. The highest BCUT2D eigenvalue weighted by atomic mass is 16.4. The van der Waals surface area contributed by atoms with Crippen molar-refractivity contribution >= 4 is 5.97 Å². The van der Waals surface area contributed by atoms with Crippen LogP contribution in [0.3, 0.4) is 0 Å². The third kappa shape index (κ3) is 2.06. The number of carboxylic acid groups (broad SMARTS) is 1. The third-order valence-corrected chi connectivity index (χ3v) is 2.97. The number of hydrogen-bond acceptors (Lipinski definition) is 2. The molecule has 0 saturated heterocycles. The normalized spacial score (nSPS) is 11.4. The number of H-pyrrole nitrogens is 1. The summed E-state index contributed by atoms with van der Waals surface area (Å²) in [7, 11) is 0. The van der Waals surface area contributed by atoms with E-state index < -0.39 is 5.97 Å². The van der Waals surface area contributed by atoms with Gasteiger partial charge in [0, 0.05) is 11.1 Å². The molecule has 0 amide bonds. The fourth-order valence-electron chi connectivity index (χ4n) is 1.76. The van der Waals surface area contributed by atoms with Gasteiger partial charge in [0.2, 0.25) is 0 Å². The van der Waals surface area contributed by atoms with Gasteiger partial charge in [-0.1, -0.05) is 44.2 Å². The smallest absolute Gasteiger partial charge is 0.356 e. The predicted molar refractivity (Wildman–Crippen MR) is 64.1 cm³/mol. The molecule has 0 aliphatic heterocycles. The van der Waals surface area contributed by atoms with Crippen LogP contribution >= 0.6 is 0 Å². The van der Waals surface area contributed by atoms with E-state index in [0.29, 0.717) is 0 Å². The molecule has 2 aromatic rings. The first-order chi connectivity index (χ1) is 8.01. The molecule has 0 fully saturated rings. The van der Waals surface area contributed by atoms with Crippen molar-refractivity contribution in [1.29, 1.82) is 0 Å². The summed E-state index contributed by atoms with van der Waals surface area (Å²) in [6.07, 6.45) is 0. The summed E-state index contributed by atoms with van der Waals surface area (Å²) in [5.74, 6) is -1.02. The van der Waals surface area contributed by atoms with Crippen molar-refractivity contribution in [2.75, 3.05) is 0 Å². The number of benzene rings is 1. The molecule has 0 aliphatic carbocycles. The first-order valence-corrected chi connectivity index (χ1v) is 5.36. The van der Waals surface area contributed by atoms with Crippen molar-refractivity contribution in [3.05, 3.63) is 53.3 Å². The lowest BCUT2D eigenvalue weighted by Gasteiger charge is -2.23. The van der Waals surface area contributed by atoms with Crippen molar-refractivity contribution in [3.63, 3.8) is 0 Å². The monoisotopic (exact) mass is 230 g/mol. The molecule has 1 aromatic heterocycles. The van der Waals surface area contributed by atoms with Crippen LogP contribution in [0.2, 0.25) is 0 Å². The van der Waals surface area contributed by atoms with Crippen LogP contribution in [0.1, 0.15) is 35.6 Å². The minimum atomic E-state index is -1.02. The van der Waals surface area contributed by atoms with Gasteiger partial charge in [-0.2, -0.15) is 5.10 Å². The molecule has 4 heteroatoms. The molecule has 0 spiro atoms. The number of aromatic nitrogens is 2. The van der Waals surface area contributed by atoms with Crippen LogP contribution in [0.25, 0.3) is 0 Å². The number of hydrogen-bond donors (Lipinski definition) is 2. The van der Waals surface area contributed by atoms with Crippen LogP contribution in [-0.2, 0) is 5.41 Å². The van der Waals surface area contributed by atoms with E-state index in [2.05, 4.69) is 10.2 Å². The Morgan fingerprint density at radius 1 is 1.29 bits per heavy atom. The van der Waals surface area contributed by atoms with Crippen molar-refractivity contribution in [3.8, 4) is 0 Å². The quantitative estimate of drug-likeness (QED) is 0.851. The second kappa shape index (κ2) is 4.05. The highest BCUT2D eigenvalue weighted by Gasteiger charge is 2.26. The number of aromatic amines is 1. The zero-order chi connectivity index (χ0) is 12.5. The molecule has 17 heavy (non-hydrogen) atoms. The van der Waals surface area contributed by atoms with E-state index in [-0.39, 0.29) is 11.1 Å². The van der Waals surface area contributed by atoms with E-state index in [1.165, 1.54) is 0 Å². The predicted octanol–water partition coefficient (Wildman–Crippen LogP) is 2.43. The fourth-order valence-corrected chi connectivity index (χ4v) is 1.76. The lowest BCUT2D eigenvalue weighted by molar-refractivity contribution is 0.0690. The zero-order valence-electron chi connectivity index (χ0n) is 9.77. The van der Waals surface area contributed by atoms with Gasteiger partial charge in [0.1, 0.15) is 0 Å². The maximum Gasteiger partial charge on any atom is 0.356 e. The Labute approximate surface area is 99.3 Å². The SMILES string of the molecule is CC(C)(c1ccccc1)c1cc(C(=O)O)n[nH]1. The van der Waals surface area contributed by atoms with Gasteiger partial charge < -0.3 is 5.11 Å². The topological polar surface area (TPSA) is 66.0 Å². The Morgan fingerprint density at radius 3 is 2.47 bits per heavy atom. The maximum absolute atomic E-state index is 10.8. The Bertz CT molecular complexity index is 529. The van der Waals surface area contributed by atoms with Gasteiger partial charge in [-0.25, -0.2) is 4.79 Å². The van der Waals surface area contributed by atoms with Crippen LogP contribution in [0, 0.1) is 0 Å². The Balaban J connectivity index is 2.41. The third-order valence-electron chi connectivity index (χ3n) is 2.97. The number of aromatic carboxylic acids is 1. The van der Waals surface area contributed by atoms with Gasteiger partial charge >= 0.3 is 5.97 Å². The van der Waals surface area contributed by atoms with Gasteiger partial charge in [0.25, 0.3) is 0 Å². The van der Waals surface area contributed by atoms with Gasteiger partial charge in [-0.05, 0) is 11.6 Å². The lowest BCUT2D eigenvalue weighted by atomic mass is 9.81.